The molecule has 1 aliphatic rings. The third-order valence-electron chi connectivity index (χ3n) is 3.61. The molecule has 19 heavy (non-hydrogen) atoms. The second-order valence-electron chi connectivity index (χ2n) is 5.02. The van der Waals surface area contributed by atoms with Crippen molar-refractivity contribution in [1.82, 2.24) is 10.3 Å². The second kappa shape index (κ2) is 4.18. The Balaban J connectivity index is 1.82. The van der Waals surface area contributed by atoms with Crippen LogP contribution in [0.4, 0.5) is 13.2 Å². The van der Waals surface area contributed by atoms with Crippen LogP contribution in [0.3, 0.4) is 0 Å². The van der Waals surface area contributed by atoms with Crippen molar-refractivity contribution < 1.29 is 13.2 Å². The Morgan fingerprint density at radius 3 is 2.79 bits per heavy atom. The van der Waals surface area contributed by atoms with Crippen molar-refractivity contribution in [1.29, 1.82) is 0 Å². The summed E-state index contributed by atoms with van der Waals surface area (Å²) in [5, 5.41) is 4.65. The predicted octanol–water partition coefficient (Wildman–Crippen LogP) is 4.04. The van der Waals surface area contributed by atoms with Gasteiger partial charge in [0.05, 0.1) is 10.2 Å². The maximum atomic E-state index is 12.9. The molecule has 1 atom stereocenters. The van der Waals surface area contributed by atoms with Gasteiger partial charge in [-0.3, -0.25) is 10.3 Å². The highest BCUT2D eigenvalue weighted by atomic mass is 32.1. The third-order valence-corrected chi connectivity index (χ3v) is 4.46. The van der Waals surface area contributed by atoms with Gasteiger partial charge in [0, 0.05) is 12.2 Å². The van der Waals surface area contributed by atoms with Crippen molar-refractivity contribution in [3.63, 3.8) is 0 Å². The molecule has 2 nitrogen and oxygen atoms in total. The Bertz CT molecular complexity index is 601. The van der Waals surface area contributed by atoms with Crippen LogP contribution in [-0.2, 0) is 0 Å². The van der Waals surface area contributed by atoms with Gasteiger partial charge in [0.15, 0.2) is 0 Å². The van der Waals surface area contributed by atoms with Gasteiger partial charge in [-0.2, -0.15) is 13.2 Å². The number of nitrogens with one attached hydrogen (secondary N) is 1. The van der Waals surface area contributed by atoms with Gasteiger partial charge in [-0.15, -0.1) is 11.3 Å². The van der Waals surface area contributed by atoms with Gasteiger partial charge in [-0.25, -0.2) is 0 Å². The minimum absolute atomic E-state index is 0.162. The molecule has 1 aliphatic carbocycles. The maximum absolute atomic E-state index is 12.9. The second-order valence-corrected chi connectivity index (χ2v) is 5.97. The number of aromatic nitrogens is 1. The highest BCUT2D eigenvalue weighted by molar-refractivity contribution is 7.17. The Labute approximate surface area is 112 Å². The highest BCUT2D eigenvalue weighted by Gasteiger charge is 2.63. The van der Waals surface area contributed by atoms with Gasteiger partial charge in [-0.05, 0) is 42.8 Å². The summed E-state index contributed by atoms with van der Waals surface area (Å²) in [4.78, 5) is 4.26. The molecule has 2 aromatic rings. The standard InChI is InChI=1S/C13H13F3N2S/c1-8(18-12(3-4-12)13(14,15)16)9-6-11-10(17-7-9)2-5-19-11/h2,5-8,18H,3-4H2,1H3. The van der Waals surface area contributed by atoms with Gasteiger partial charge in [-0.1, -0.05) is 0 Å². The first-order valence-electron chi connectivity index (χ1n) is 6.09. The number of halogens is 3. The molecule has 0 saturated heterocycles. The average Bonchev–Trinajstić information content (AvgIpc) is 2.99. The Morgan fingerprint density at radius 1 is 1.42 bits per heavy atom. The molecule has 0 aromatic carbocycles. The fourth-order valence-electron chi connectivity index (χ4n) is 2.23. The number of hydrogen-bond acceptors (Lipinski definition) is 3. The number of pyridine rings is 1. The Kier molecular flexibility index (Phi) is 2.83. The zero-order chi connectivity index (χ0) is 13.7. The summed E-state index contributed by atoms with van der Waals surface area (Å²) in [6, 6.07) is 3.46. The van der Waals surface area contributed by atoms with E-state index in [1.54, 1.807) is 24.5 Å². The van der Waals surface area contributed by atoms with Crippen LogP contribution in [0.2, 0.25) is 0 Å². The highest BCUT2D eigenvalue weighted by Crippen LogP contribution is 2.50. The maximum Gasteiger partial charge on any atom is 0.406 e. The minimum atomic E-state index is -4.18. The van der Waals surface area contributed by atoms with Crippen molar-refractivity contribution in [3.8, 4) is 0 Å². The summed E-state index contributed by atoms with van der Waals surface area (Å²) in [6.07, 6.45) is -2.20. The summed E-state index contributed by atoms with van der Waals surface area (Å²) < 4.78 is 39.7. The molecule has 3 rings (SSSR count). The molecule has 0 spiro atoms. The lowest BCUT2D eigenvalue weighted by Gasteiger charge is -2.25. The lowest BCUT2D eigenvalue weighted by Crippen LogP contribution is -2.45. The summed E-state index contributed by atoms with van der Waals surface area (Å²) in [5.74, 6) is 0. The number of nitrogens with zero attached hydrogens (tertiary/aromatic N) is 1. The third kappa shape index (κ3) is 2.23. The fourth-order valence-corrected chi connectivity index (χ4v) is 3.02. The Hall–Kier alpha value is -1.14. The van der Waals surface area contributed by atoms with Crippen LogP contribution in [-0.4, -0.2) is 16.7 Å². The smallest absolute Gasteiger partial charge is 0.297 e. The first-order chi connectivity index (χ1) is 8.91. The molecular weight excluding hydrogens is 273 g/mol. The van der Waals surface area contributed by atoms with Crippen molar-refractivity contribution in [3.05, 3.63) is 29.3 Å². The SMILES string of the molecule is CC(NC1(C(F)(F)F)CC1)c1cnc2ccsc2c1. The van der Waals surface area contributed by atoms with Crippen molar-refractivity contribution in [2.75, 3.05) is 0 Å². The largest absolute Gasteiger partial charge is 0.406 e. The van der Waals surface area contributed by atoms with E-state index in [0.717, 1.165) is 15.8 Å². The summed E-state index contributed by atoms with van der Waals surface area (Å²) >= 11 is 1.55. The molecule has 2 heterocycles. The van der Waals surface area contributed by atoms with E-state index >= 15 is 0 Å². The molecule has 6 heteroatoms. The average molecular weight is 286 g/mol. The van der Waals surface area contributed by atoms with E-state index in [2.05, 4.69) is 10.3 Å². The summed E-state index contributed by atoms with van der Waals surface area (Å²) in [5.41, 5.74) is -0.0000201. The zero-order valence-corrected chi connectivity index (χ0v) is 11.1. The number of rotatable bonds is 3. The first-order valence-corrected chi connectivity index (χ1v) is 6.97. The van der Waals surface area contributed by atoms with Gasteiger partial charge in [0.2, 0.25) is 0 Å². The van der Waals surface area contributed by atoms with Gasteiger partial charge in [0.1, 0.15) is 5.54 Å². The monoisotopic (exact) mass is 286 g/mol. The number of fused-ring (bicyclic) bond motifs is 1. The van der Waals surface area contributed by atoms with E-state index in [9.17, 15) is 13.2 Å². The van der Waals surface area contributed by atoms with E-state index in [1.807, 2.05) is 17.5 Å². The summed E-state index contributed by atoms with van der Waals surface area (Å²) in [7, 11) is 0. The molecule has 1 N–H and O–H groups in total. The topological polar surface area (TPSA) is 24.9 Å². The fraction of sp³-hybridized carbons (Fsp3) is 0.462. The molecule has 1 unspecified atom stereocenters. The van der Waals surface area contributed by atoms with Gasteiger partial charge in [0.25, 0.3) is 0 Å². The van der Waals surface area contributed by atoms with Crippen molar-refractivity contribution >= 4 is 21.6 Å². The van der Waals surface area contributed by atoms with Crippen LogP contribution < -0.4 is 5.32 Å². The normalized spacial score (nSPS) is 19.6. The lowest BCUT2D eigenvalue weighted by molar-refractivity contribution is -0.167. The molecule has 0 aliphatic heterocycles. The zero-order valence-electron chi connectivity index (χ0n) is 10.3. The predicted molar refractivity (Wildman–Crippen MR) is 69.2 cm³/mol. The van der Waals surface area contributed by atoms with Crippen LogP contribution in [0.1, 0.15) is 31.4 Å². The van der Waals surface area contributed by atoms with Crippen LogP contribution in [0.15, 0.2) is 23.7 Å². The number of hydrogen-bond donors (Lipinski definition) is 1. The molecular formula is C13H13F3N2S. The van der Waals surface area contributed by atoms with Crippen molar-refractivity contribution in [2.45, 2.75) is 37.5 Å². The van der Waals surface area contributed by atoms with Crippen LogP contribution in [0.5, 0.6) is 0 Å². The molecule has 0 bridgehead atoms. The summed E-state index contributed by atoms with van der Waals surface area (Å²) in [6.45, 7) is 1.75. The molecule has 102 valence electrons. The molecule has 0 amide bonds. The quantitative estimate of drug-likeness (QED) is 0.921. The minimum Gasteiger partial charge on any atom is -0.297 e. The van der Waals surface area contributed by atoms with Crippen molar-refractivity contribution in [2.24, 2.45) is 0 Å². The van der Waals surface area contributed by atoms with Crippen LogP contribution in [0, 0.1) is 0 Å². The molecule has 1 saturated carbocycles. The molecule has 0 radical (unpaired) electrons. The van der Waals surface area contributed by atoms with E-state index in [0.29, 0.717) is 0 Å². The number of thiophene rings is 1. The van der Waals surface area contributed by atoms with E-state index in [4.69, 9.17) is 0 Å². The van der Waals surface area contributed by atoms with Crippen LogP contribution >= 0.6 is 11.3 Å². The van der Waals surface area contributed by atoms with Crippen LogP contribution in [0.25, 0.3) is 10.2 Å². The molecule has 2 aromatic heterocycles. The van der Waals surface area contributed by atoms with Gasteiger partial charge >= 0.3 is 6.18 Å². The van der Waals surface area contributed by atoms with E-state index in [-0.39, 0.29) is 18.9 Å². The molecule has 1 fully saturated rings. The lowest BCUT2D eigenvalue weighted by atomic mass is 10.1. The Morgan fingerprint density at radius 2 is 2.16 bits per heavy atom. The first kappa shape index (κ1) is 12.9. The number of alkyl halides is 3. The van der Waals surface area contributed by atoms with Gasteiger partial charge < -0.3 is 0 Å². The van der Waals surface area contributed by atoms with E-state index in [1.165, 1.54) is 0 Å². The van der Waals surface area contributed by atoms with E-state index < -0.39 is 11.7 Å².